The summed E-state index contributed by atoms with van der Waals surface area (Å²) in [4.78, 5) is 4.04. The quantitative estimate of drug-likeness (QED) is 0.332. The van der Waals surface area contributed by atoms with Gasteiger partial charge in [0.2, 0.25) is 9.84 Å². The smallest absolute Gasteiger partial charge is 0.208 e. The summed E-state index contributed by atoms with van der Waals surface area (Å²) in [6.07, 6.45) is 1.21. The van der Waals surface area contributed by atoms with Crippen LogP contribution in [0.5, 0.6) is 0 Å². The Hall–Kier alpha value is -2.18. The van der Waals surface area contributed by atoms with Crippen LogP contribution in [0.3, 0.4) is 0 Å². The molecule has 8 heteroatoms. The maximum Gasteiger partial charge on any atom is 0.208 e. The predicted molar refractivity (Wildman–Crippen MR) is 114 cm³/mol. The first-order valence-corrected chi connectivity index (χ1v) is 10.9. The van der Waals surface area contributed by atoms with Crippen LogP contribution >= 0.6 is 34.8 Å². The third kappa shape index (κ3) is 3.83. The number of halogens is 4. The number of hydrogen-bond donors (Lipinski definition) is 0. The van der Waals surface area contributed by atoms with E-state index in [2.05, 4.69) is 4.98 Å². The first-order valence-electron chi connectivity index (χ1n) is 8.31. The number of rotatable bonds is 3. The van der Waals surface area contributed by atoms with Crippen LogP contribution in [0, 0.1) is 5.82 Å². The zero-order chi connectivity index (χ0) is 20.8. The zero-order valence-corrected chi connectivity index (χ0v) is 17.6. The molecule has 0 amide bonds. The monoisotopic (exact) mass is 465 g/mol. The van der Waals surface area contributed by atoms with Crippen molar-refractivity contribution in [2.75, 3.05) is 0 Å². The third-order valence-electron chi connectivity index (χ3n) is 4.35. The van der Waals surface area contributed by atoms with Crippen LogP contribution in [-0.2, 0) is 9.84 Å². The largest absolute Gasteiger partial charge is 0.255 e. The predicted octanol–water partition coefficient (Wildman–Crippen LogP) is 6.83. The van der Waals surface area contributed by atoms with E-state index in [1.807, 2.05) is 0 Å². The Bertz CT molecular complexity index is 1350. The van der Waals surface area contributed by atoms with Crippen molar-refractivity contribution in [2.24, 2.45) is 0 Å². The molecule has 0 fully saturated rings. The molecule has 3 nitrogen and oxygen atoms in total. The first kappa shape index (κ1) is 20.1. The second-order valence-electron chi connectivity index (χ2n) is 6.28. The fraction of sp³-hybridized carbons (Fsp3) is 0. The van der Waals surface area contributed by atoms with Crippen molar-refractivity contribution in [1.82, 2.24) is 4.98 Å². The summed E-state index contributed by atoms with van der Waals surface area (Å²) in [5.74, 6) is -0.473. The molecule has 0 bridgehead atoms. The summed E-state index contributed by atoms with van der Waals surface area (Å²) in [7, 11) is -4.05. The number of sulfone groups is 1. The van der Waals surface area contributed by atoms with Gasteiger partial charge in [-0.3, -0.25) is 4.98 Å². The molecule has 0 spiro atoms. The molecule has 0 aliphatic carbocycles. The van der Waals surface area contributed by atoms with Crippen LogP contribution in [-0.4, -0.2) is 13.4 Å². The van der Waals surface area contributed by atoms with E-state index in [4.69, 9.17) is 34.8 Å². The molecule has 146 valence electrons. The van der Waals surface area contributed by atoms with Gasteiger partial charge in [-0.1, -0.05) is 46.9 Å². The van der Waals surface area contributed by atoms with E-state index < -0.39 is 15.7 Å². The van der Waals surface area contributed by atoms with Crippen molar-refractivity contribution >= 4 is 55.5 Å². The molecule has 1 heterocycles. The lowest BCUT2D eigenvalue weighted by molar-refractivity contribution is 0.596. The highest BCUT2D eigenvalue weighted by molar-refractivity contribution is 7.91. The van der Waals surface area contributed by atoms with Crippen molar-refractivity contribution in [1.29, 1.82) is 0 Å². The molecule has 3 aromatic carbocycles. The van der Waals surface area contributed by atoms with E-state index in [1.54, 1.807) is 24.3 Å². The van der Waals surface area contributed by atoms with Gasteiger partial charge in [-0.25, -0.2) is 12.8 Å². The van der Waals surface area contributed by atoms with E-state index in [9.17, 15) is 12.8 Å². The van der Waals surface area contributed by atoms with Gasteiger partial charge in [-0.15, -0.1) is 0 Å². The highest BCUT2D eigenvalue weighted by atomic mass is 35.5. The second kappa shape index (κ2) is 7.58. The number of fused-ring (bicyclic) bond motifs is 1. The summed E-state index contributed by atoms with van der Waals surface area (Å²) >= 11 is 18.2. The Balaban J connectivity index is 2.09. The fourth-order valence-electron chi connectivity index (χ4n) is 3.10. The van der Waals surface area contributed by atoms with E-state index >= 15 is 0 Å². The van der Waals surface area contributed by atoms with Crippen molar-refractivity contribution < 1.29 is 12.8 Å². The average Bonchev–Trinajstić information content (AvgIpc) is 2.66. The van der Waals surface area contributed by atoms with Gasteiger partial charge in [-0.2, -0.15) is 0 Å². The minimum Gasteiger partial charge on any atom is -0.255 e. The molecular weight excluding hydrogens is 456 g/mol. The highest BCUT2D eigenvalue weighted by Crippen LogP contribution is 2.38. The lowest BCUT2D eigenvalue weighted by Crippen LogP contribution is -2.06. The number of benzene rings is 3. The van der Waals surface area contributed by atoms with Gasteiger partial charge in [0.05, 0.1) is 15.3 Å². The van der Waals surface area contributed by atoms with Gasteiger partial charge in [-0.05, 0) is 48.0 Å². The fourth-order valence-corrected chi connectivity index (χ4v) is 5.46. The molecule has 1 aromatic heterocycles. The first-order chi connectivity index (χ1) is 13.8. The summed E-state index contributed by atoms with van der Waals surface area (Å²) in [5, 5.41) is 1.29. The standard InChI is InChI=1S/C21H11Cl3FNO2S/c22-13-3-1-2-12(6-13)21-18-5-4-16(25)10-19(18)26-11-20(21)29(27,28)17-8-14(23)7-15(24)9-17/h1-11H. The average molecular weight is 467 g/mol. The normalized spacial score (nSPS) is 11.7. The number of nitrogens with zero attached hydrogens (tertiary/aromatic N) is 1. The van der Waals surface area contributed by atoms with Crippen molar-refractivity contribution in [3.8, 4) is 11.1 Å². The van der Waals surface area contributed by atoms with Gasteiger partial charge >= 0.3 is 0 Å². The molecule has 4 rings (SSSR count). The van der Waals surface area contributed by atoms with Gasteiger partial charge < -0.3 is 0 Å². The summed E-state index contributed by atoms with van der Waals surface area (Å²) in [5.41, 5.74) is 1.25. The minimum atomic E-state index is -4.05. The van der Waals surface area contributed by atoms with Crippen LogP contribution in [0.1, 0.15) is 0 Å². The van der Waals surface area contributed by atoms with E-state index in [0.29, 0.717) is 27.1 Å². The Morgan fingerprint density at radius 2 is 1.55 bits per heavy atom. The van der Waals surface area contributed by atoms with Gasteiger partial charge in [0.25, 0.3) is 0 Å². The highest BCUT2D eigenvalue weighted by Gasteiger charge is 2.25. The van der Waals surface area contributed by atoms with Crippen LogP contribution in [0.15, 0.2) is 76.7 Å². The molecule has 0 saturated heterocycles. The summed E-state index contributed by atoms with van der Waals surface area (Å²) in [6.45, 7) is 0. The topological polar surface area (TPSA) is 47.0 Å². The van der Waals surface area contributed by atoms with Gasteiger partial charge in [0, 0.05) is 38.3 Å². The van der Waals surface area contributed by atoms with Crippen LogP contribution in [0.4, 0.5) is 4.39 Å². The zero-order valence-electron chi connectivity index (χ0n) is 14.5. The Morgan fingerprint density at radius 3 is 2.24 bits per heavy atom. The Labute approximate surface area is 181 Å². The van der Waals surface area contributed by atoms with Crippen molar-refractivity contribution in [3.05, 3.63) is 87.7 Å². The van der Waals surface area contributed by atoms with E-state index in [0.717, 1.165) is 0 Å². The molecule has 0 N–H and O–H groups in total. The molecule has 0 radical (unpaired) electrons. The lowest BCUT2D eigenvalue weighted by Gasteiger charge is -2.14. The summed E-state index contributed by atoms with van der Waals surface area (Å²) in [6, 6.07) is 14.8. The molecule has 0 aliphatic rings. The van der Waals surface area contributed by atoms with Crippen molar-refractivity contribution in [2.45, 2.75) is 9.79 Å². The minimum absolute atomic E-state index is 0.0581. The van der Waals surface area contributed by atoms with Crippen molar-refractivity contribution in [3.63, 3.8) is 0 Å². The van der Waals surface area contributed by atoms with Gasteiger partial charge in [0.15, 0.2) is 0 Å². The molecule has 0 atom stereocenters. The molecule has 0 saturated carbocycles. The summed E-state index contributed by atoms with van der Waals surface area (Å²) < 4.78 is 40.6. The van der Waals surface area contributed by atoms with E-state index in [1.165, 1.54) is 42.6 Å². The Kier molecular flexibility index (Phi) is 5.25. The number of pyridine rings is 1. The third-order valence-corrected chi connectivity index (χ3v) is 6.76. The molecular formula is C21H11Cl3FNO2S. The molecule has 29 heavy (non-hydrogen) atoms. The van der Waals surface area contributed by atoms with E-state index in [-0.39, 0.29) is 19.8 Å². The molecule has 0 unspecified atom stereocenters. The number of aromatic nitrogens is 1. The maximum atomic E-state index is 13.7. The SMILES string of the molecule is O=S(=O)(c1cc(Cl)cc(Cl)c1)c1cnc2cc(F)ccc2c1-c1cccc(Cl)c1. The van der Waals surface area contributed by atoms with Crippen LogP contribution < -0.4 is 0 Å². The molecule has 4 aromatic rings. The molecule has 0 aliphatic heterocycles. The van der Waals surface area contributed by atoms with Crippen LogP contribution in [0.2, 0.25) is 15.1 Å². The maximum absolute atomic E-state index is 13.7. The Morgan fingerprint density at radius 1 is 0.828 bits per heavy atom. The lowest BCUT2D eigenvalue weighted by atomic mass is 10.0. The number of hydrogen-bond acceptors (Lipinski definition) is 3. The second-order valence-corrected chi connectivity index (χ2v) is 9.51. The van der Waals surface area contributed by atoms with Gasteiger partial charge in [0.1, 0.15) is 5.82 Å². The van der Waals surface area contributed by atoms with Crippen LogP contribution in [0.25, 0.3) is 22.0 Å².